The zero-order chi connectivity index (χ0) is 20.2. The molecule has 3 aromatic rings. The van der Waals surface area contributed by atoms with Gasteiger partial charge in [0, 0.05) is 0 Å². The molecule has 0 saturated carbocycles. The molecular formula is C18H14AsF7S. The average Bonchev–Trinajstić information content (AvgIpc) is 2.56. The minimum atomic E-state index is -11.1. The molecule has 0 amide bonds. The number of hydrogen-bond donors (Lipinski definition) is 0. The number of halogens is 7. The van der Waals surface area contributed by atoms with Gasteiger partial charge in [0.1, 0.15) is 5.82 Å². The van der Waals surface area contributed by atoms with Gasteiger partial charge in [-0.3, -0.25) is 0 Å². The molecule has 3 aromatic carbocycles. The first-order valence-electron chi connectivity index (χ1n) is 7.46. The molecule has 0 aromatic heterocycles. The van der Waals surface area contributed by atoms with Crippen molar-refractivity contribution in [3.8, 4) is 0 Å². The van der Waals surface area contributed by atoms with E-state index in [-0.39, 0.29) is 16.7 Å². The van der Waals surface area contributed by atoms with Gasteiger partial charge in [0.05, 0.1) is 10.9 Å². The topological polar surface area (TPSA) is 0 Å². The summed E-state index contributed by atoms with van der Waals surface area (Å²) in [5, 5.41) is 0. The van der Waals surface area contributed by atoms with Gasteiger partial charge in [-0.15, -0.1) is 0 Å². The first kappa shape index (κ1) is 21.4. The first-order chi connectivity index (χ1) is 12.3. The Hall–Kier alpha value is -1.92. The Kier molecular flexibility index (Phi) is 5.74. The van der Waals surface area contributed by atoms with Gasteiger partial charge in [0.15, 0.2) is 14.7 Å². The molecule has 0 aliphatic rings. The fourth-order valence-corrected chi connectivity index (χ4v) is 4.18. The zero-order valence-electron chi connectivity index (χ0n) is 13.6. The van der Waals surface area contributed by atoms with E-state index < -0.39 is 14.2 Å². The monoisotopic (exact) mass is 470 g/mol. The van der Waals surface area contributed by atoms with Crippen LogP contribution in [0.25, 0.3) is 0 Å². The normalized spacial score (nSPS) is 13.9. The maximum Gasteiger partial charge on any atom is 0.166 e. The van der Waals surface area contributed by atoms with Gasteiger partial charge >= 0.3 is 35.0 Å². The van der Waals surface area contributed by atoms with Crippen molar-refractivity contribution < 1.29 is 25.2 Å². The molecule has 0 bridgehead atoms. The van der Waals surface area contributed by atoms with Crippen molar-refractivity contribution in [2.24, 2.45) is 0 Å². The molecule has 0 nitrogen and oxygen atoms in total. The van der Waals surface area contributed by atoms with E-state index in [0.717, 1.165) is 4.90 Å². The Bertz CT molecular complexity index is 814. The zero-order valence-corrected chi connectivity index (χ0v) is 16.3. The van der Waals surface area contributed by atoms with Crippen molar-refractivity contribution in [1.29, 1.82) is 0 Å². The van der Waals surface area contributed by atoms with Crippen LogP contribution in [-0.4, -0.2) is 14.2 Å². The summed E-state index contributed by atoms with van der Waals surface area (Å²) >= 11 is -11.1. The summed E-state index contributed by atoms with van der Waals surface area (Å²) in [6.07, 6.45) is 0. The van der Waals surface area contributed by atoms with Crippen molar-refractivity contribution >= 4 is 25.1 Å². The third-order valence-electron chi connectivity index (χ3n) is 3.01. The quantitative estimate of drug-likeness (QED) is 0.218. The van der Waals surface area contributed by atoms with E-state index in [9.17, 15) is 25.2 Å². The maximum atomic E-state index is 13.2. The van der Waals surface area contributed by atoms with Crippen LogP contribution in [-0.2, 0) is 10.9 Å². The van der Waals surface area contributed by atoms with Crippen LogP contribution in [0.15, 0.2) is 99.6 Å². The molecule has 27 heavy (non-hydrogen) atoms. The van der Waals surface area contributed by atoms with Gasteiger partial charge in [-0.2, -0.15) is 0 Å². The number of rotatable bonds is 3. The van der Waals surface area contributed by atoms with E-state index in [1.165, 1.54) is 21.9 Å². The molecule has 0 fully saturated rings. The second-order valence-corrected chi connectivity index (χ2v) is 11.4. The van der Waals surface area contributed by atoms with Gasteiger partial charge in [0.25, 0.3) is 0 Å². The Morgan fingerprint density at radius 2 is 0.778 bits per heavy atom. The van der Waals surface area contributed by atoms with Gasteiger partial charge in [-0.1, -0.05) is 36.4 Å². The number of hydrogen-bond acceptors (Lipinski definition) is 0. The van der Waals surface area contributed by atoms with Gasteiger partial charge < -0.3 is 0 Å². The first-order valence-corrected chi connectivity index (χ1v) is 12.9. The summed E-state index contributed by atoms with van der Waals surface area (Å²) in [5.74, 6) is -0.196. The molecule has 0 saturated heterocycles. The van der Waals surface area contributed by atoms with Gasteiger partial charge in [-0.25, -0.2) is 4.39 Å². The van der Waals surface area contributed by atoms with Gasteiger partial charge in [0.2, 0.25) is 0 Å². The Balaban J connectivity index is 0.000000321. The standard InChI is InChI=1S/C18H14FS.AsF6/c19-15-11-13-18(14-12-15)20(16-7-3-1-4-8-16)17-9-5-2-6-10-17;2-1(3,4,5,6)7/h1-14H;/q+1;-1. The Morgan fingerprint density at radius 3 is 1.11 bits per heavy atom. The molecule has 0 spiro atoms. The molecule has 0 aliphatic heterocycles. The summed E-state index contributed by atoms with van der Waals surface area (Å²) < 4.78 is 72.6. The predicted molar refractivity (Wildman–Crippen MR) is 93.8 cm³/mol. The van der Waals surface area contributed by atoms with Crippen molar-refractivity contribution in [3.63, 3.8) is 0 Å². The predicted octanol–water partition coefficient (Wildman–Crippen LogP) is 7.06. The van der Waals surface area contributed by atoms with Crippen LogP contribution in [0, 0.1) is 5.82 Å². The van der Waals surface area contributed by atoms with E-state index in [1.807, 2.05) is 48.5 Å². The van der Waals surface area contributed by atoms with Crippen LogP contribution in [0.1, 0.15) is 0 Å². The molecule has 0 aliphatic carbocycles. The van der Waals surface area contributed by atoms with Crippen LogP contribution in [0.4, 0.5) is 25.2 Å². The van der Waals surface area contributed by atoms with Crippen LogP contribution < -0.4 is 0 Å². The fourth-order valence-electron chi connectivity index (χ4n) is 2.09. The molecular weight excluding hydrogens is 456 g/mol. The summed E-state index contributed by atoms with van der Waals surface area (Å²) in [4.78, 5) is 3.61. The van der Waals surface area contributed by atoms with E-state index >= 15 is 0 Å². The van der Waals surface area contributed by atoms with Crippen LogP contribution in [0.3, 0.4) is 0 Å². The average molecular weight is 470 g/mol. The molecule has 0 radical (unpaired) electrons. The third-order valence-corrected chi connectivity index (χ3v) is 5.24. The fraction of sp³-hybridized carbons (Fsp3) is 0. The third kappa shape index (κ3) is 9.02. The summed E-state index contributed by atoms with van der Waals surface area (Å²) in [6, 6.07) is 27.5. The minimum Gasteiger partial charge on any atom is -0.207 e. The van der Waals surface area contributed by atoms with E-state index in [0.29, 0.717) is 0 Å². The Morgan fingerprint density at radius 1 is 0.481 bits per heavy atom. The molecule has 0 N–H and O–H groups in total. The van der Waals surface area contributed by atoms with E-state index in [1.54, 1.807) is 0 Å². The molecule has 146 valence electrons. The SMILES string of the molecule is F[As-](F)(F)(F)(F)F.Fc1ccc([S+](c2ccccc2)c2ccccc2)cc1. The molecule has 9 heteroatoms. The largest absolute Gasteiger partial charge is 0.207 e. The molecule has 3 rings (SSSR count). The van der Waals surface area contributed by atoms with Gasteiger partial charge in [-0.05, 0) is 48.5 Å². The molecule has 0 heterocycles. The summed E-state index contributed by atoms with van der Waals surface area (Å²) in [7, 11) is -0.190. The van der Waals surface area contributed by atoms with Crippen molar-refractivity contribution in [1.82, 2.24) is 0 Å². The summed E-state index contributed by atoms with van der Waals surface area (Å²) in [6.45, 7) is 0. The van der Waals surface area contributed by atoms with Crippen molar-refractivity contribution in [3.05, 3.63) is 90.7 Å². The summed E-state index contributed by atoms with van der Waals surface area (Å²) in [5.41, 5.74) is 0. The van der Waals surface area contributed by atoms with Crippen molar-refractivity contribution in [2.75, 3.05) is 0 Å². The molecule has 0 unspecified atom stereocenters. The number of benzene rings is 3. The maximum absolute atomic E-state index is 13.2. The van der Waals surface area contributed by atoms with Crippen LogP contribution in [0.2, 0.25) is 0 Å². The second kappa shape index (κ2) is 7.24. The van der Waals surface area contributed by atoms with E-state index in [4.69, 9.17) is 0 Å². The minimum absolute atomic E-state index is 0.190. The smallest absolute Gasteiger partial charge is 0.166 e. The van der Waals surface area contributed by atoms with Crippen molar-refractivity contribution in [2.45, 2.75) is 14.7 Å². The van der Waals surface area contributed by atoms with E-state index in [2.05, 4.69) is 24.3 Å². The van der Waals surface area contributed by atoms with Crippen LogP contribution in [0.5, 0.6) is 0 Å². The molecule has 0 atom stereocenters. The Labute approximate surface area is 155 Å². The second-order valence-electron chi connectivity index (χ2n) is 5.34. The van der Waals surface area contributed by atoms with Crippen LogP contribution >= 0.6 is 0 Å².